The SMILES string of the molecule is CC(c1ccccc1)N(CC(=O)NC1CCCC1)S(=O)(=O)c1cccc(Cl)c1. The number of sulfonamides is 1. The molecule has 5 nitrogen and oxygen atoms in total. The first-order chi connectivity index (χ1) is 13.4. The van der Waals surface area contributed by atoms with Gasteiger partial charge in [-0.2, -0.15) is 4.31 Å². The molecule has 0 radical (unpaired) electrons. The third kappa shape index (κ3) is 4.93. The molecule has 0 aromatic heterocycles. The molecule has 1 amide bonds. The first-order valence-electron chi connectivity index (χ1n) is 9.49. The van der Waals surface area contributed by atoms with Crippen molar-refractivity contribution in [3.05, 3.63) is 65.2 Å². The second-order valence-electron chi connectivity index (χ2n) is 7.14. The van der Waals surface area contributed by atoms with Gasteiger partial charge in [0, 0.05) is 17.1 Å². The van der Waals surface area contributed by atoms with Gasteiger partial charge in [0.1, 0.15) is 0 Å². The van der Waals surface area contributed by atoms with E-state index in [0.717, 1.165) is 31.2 Å². The highest BCUT2D eigenvalue weighted by Crippen LogP contribution is 2.28. The Morgan fingerprint density at radius 3 is 2.46 bits per heavy atom. The van der Waals surface area contributed by atoms with Crippen LogP contribution in [0.1, 0.15) is 44.2 Å². The maximum Gasteiger partial charge on any atom is 0.244 e. The number of rotatable bonds is 7. The largest absolute Gasteiger partial charge is 0.352 e. The Kier molecular flexibility index (Phi) is 6.75. The van der Waals surface area contributed by atoms with Gasteiger partial charge in [-0.05, 0) is 43.5 Å². The number of carbonyl (C=O) groups is 1. The second-order valence-corrected chi connectivity index (χ2v) is 9.47. The topological polar surface area (TPSA) is 66.5 Å². The summed E-state index contributed by atoms with van der Waals surface area (Å²) in [4.78, 5) is 12.7. The Morgan fingerprint density at radius 2 is 1.82 bits per heavy atom. The van der Waals surface area contributed by atoms with Gasteiger partial charge in [0.15, 0.2) is 0 Å². The molecule has 3 rings (SSSR count). The number of hydrogen-bond donors (Lipinski definition) is 1. The number of benzene rings is 2. The predicted molar refractivity (Wildman–Crippen MR) is 111 cm³/mol. The van der Waals surface area contributed by atoms with Crippen molar-refractivity contribution in [2.45, 2.75) is 49.6 Å². The monoisotopic (exact) mass is 420 g/mol. The van der Waals surface area contributed by atoms with Gasteiger partial charge in [0.2, 0.25) is 15.9 Å². The fourth-order valence-corrected chi connectivity index (χ4v) is 5.45. The molecule has 1 saturated carbocycles. The molecule has 0 aliphatic heterocycles. The zero-order chi connectivity index (χ0) is 20.1. The average Bonchev–Trinajstić information content (AvgIpc) is 3.19. The number of amides is 1. The van der Waals surface area contributed by atoms with E-state index in [9.17, 15) is 13.2 Å². The summed E-state index contributed by atoms with van der Waals surface area (Å²) in [6.07, 6.45) is 4.08. The van der Waals surface area contributed by atoms with Crippen LogP contribution in [0, 0.1) is 0 Å². The number of nitrogens with zero attached hydrogens (tertiary/aromatic N) is 1. The first-order valence-corrected chi connectivity index (χ1v) is 11.3. The van der Waals surface area contributed by atoms with Crippen molar-refractivity contribution < 1.29 is 13.2 Å². The van der Waals surface area contributed by atoms with Crippen molar-refractivity contribution in [1.82, 2.24) is 9.62 Å². The minimum absolute atomic E-state index is 0.0800. The highest BCUT2D eigenvalue weighted by Gasteiger charge is 2.32. The Morgan fingerprint density at radius 1 is 1.14 bits per heavy atom. The van der Waals surface area contributed by atoms with E-state index >= 15 is 0 Å². The van der Waals surface area contributed by atoms with Crippen molar-refractivity contribution in [2.75, 3.05) is 6.54 Å². The summed E-state index contributed by atoms with van der Waals surface area (Å²) in [5.74, 6) is -0.278. The standard InChI is InChI=1S/C21H25ClN2O3S/c1-16(17-8-3-2-4-9-17)24(15-21(25)23-19-11-5-6-12-19)28(26,27)20-13-7-10-18(22)14-20/h2-4,7-10,13-14,16,19H,5-6,11-12,15H2,1H3,(H,23,25). The summed E-state index contributed by atoms with van der Waals surface area (Å²) < 4.78 is 28.0. The van der Waals surface area contributed by atoms with Crippen molar-refractivity contribution >= 4 is 27.5 Å². The molecule has 0 heterocycles. The smallest absolute Gasteiger partial charge is 0.244 e. The van der Waals surface area contributed by atoms with Gasteiger partial charge in [-0.25, -0.2) is 8.42 Å². The maximum absolute atomic E-state index is 13.4. The van der Waals surface area contributed by atoms with E-state index in [1.807, 2.05) is 30.3 Å². The van der Waals surface area contributed by atoms with Crippen molar-refractivity contribution in [3.63, 3.8) is 0 Å². The first kappa shape index (κ1) is 20.8. The van der Waals surface area contributed by atoms with Gasteiger partial charge >= 0.3 is 0 Å². The Balaban J connectivity index is 1.90. The van der Waals surface area contributed by atoms with E-state index in [0.29, 0.717) is 5.02 Å². The van der Waals surface area contributed by atoms with Crippen molar-refractivity contribution in [2.24, 2.45) is 0 Å². The van der Waals surface area contributed by atoms with Crippen LogP contribution in [0.25, 0.3) is 0 Å². The number of carbonyl (C=O) groups excluding carboxylic acids is 1. The van der Waals surface area contributed by atoms with Gasteiger partial charge in [-0.15, -0.1) is 0 Å². The van der Waals surface area contributed by atoms with Gasteiger partial charge in [0.05, 0.1) is 11.4 Å². The number of hydrogen-bond acceptors (Lipinski definition) is 3. The lowest BCUT2D eigenvalue weighted by Gasteiger charge is -2.29. The highest BCUT2D eigenvalue weighted by atomic mass is 35.5. The van der Waals surface area contributed by atoms with E-state index in [1.54, 1.807) is 19.1 Å². The zero-order valence-electron chi connectivity index (χ0n) is 15.8. The summed E-state index contributed by atoms with van der Waals surface area (Å²) in [7, 11) is -3.91. The number of nitrogens with one attached hydrogen (secondary N) is 1. The van der Waals surface area contributed by atoms with Crippen LogP contribution in [0.5, 0.6) is 0 Å². The lowest BCUT2D eigenvalue weighted by Crippen LogP contribution is -2.44. The molecule has 150 valence electrons. The molecule has 1 aliphatic rings. The molecular weight excluding hydrogens is 396 g/mol. The van der Waals surface area contributed by atoms with Crippen LogP contribution in [0.4, 0.5) is 0 Å². The molecular formula is C21H25ClN2O3S. The number of halogens is 1. The fourth-order valence-electron chi connectivity index (χ4n) is 3.58. The molecule has 1 N–H and O–H groups in total. The van der Waals surface area contributed by atoms with Gasteiger partial charge < -0.3 is 5.32 Å². The van der Waals surface area contributed by atoms with E-state index in [-0.39, 0.29) is 23.4 Å². The second kappa shape index (κ2) is 9.07. The molecule has 2 aromatic carbocycles. The molecule has 7 heteroatoms. The lowest BCUT2D eigenvalue weighted by molar-refractivity contribution is -0.122. The van der Waals surface area contributed by atoms with Crippen molar-refractivity contribution in [1.29, 1.82) is 0 Å². The summed E-state index contributed by atoms with van der Waals surface area (Å²) in [5.41, 5.74) is 0.821. The minimum Gasteiger partial charge on any atom is -0.352 e. The van der Waals surface area contributed by atoms with Gasteiger partial charge in [0.25, 0.3) is 0 Å². The van der Waals surface area contributed by atoms with Crippen LogP contribution in [-0.4, -0.2) is 31.2 Å². The fraction of sp³-hybridized carbons (Fsp3) is 0.381. The van der Waals surface area contributed by atoms with Crippen LogP contribution in [0.2, 0.25) is 5.02 Å². The molecule has 1 fully saturated rings. The van der Waals surface area contributed by atoms with Gasteiger partial charge in [-0.3, -0.25) is 4.79 Å². The molecule has 28 heavy (non-hydrogen) atoms. The van der Waals surface area contributed by atoms with Gasteiger partial charge in [-0.1, -0.05) is 60.8 Å². The highest BCUT2D eigenvalue weighted by molar-refractivity contribution is 7.89. The van der Waals surface area contributed by atoms with Crippen LogP contribution in [0.15, 0.2) is 59.5 Å². The summed E-state index contributed by atoms with van der Waals surface area (Å²) >= 11 is 6.01. The predicted octanol–water partition coefficient (Wildman–Crippen LogP) is 4.15. The normalized spacial score (nSPS) is 16.2. The molecule has 1 atom stereocenters. The molecule has 1 aliphatic carbocycles. The molecule has 0 saturated heterocycles. The Hall–Kier alpha value is -1.89. The quantitative estimate of drug-likeness (QED) is 0.731. The minimum atomic E-state index is -3.91. The van der Waals surface area contributed by atoms with Crippen LogP contribution in [-0.2, 0) is 14.8 Å². The van der Waals surface area contributed by atoms with Crippen LogP contribution < -0.4 is 5.32 Å². The van der Waals surface area contributed by atoms with E-state index in [2.05, 4.69) is 5.32 Å². The third-order valence-electron chi connectivity index (χ3n) is 5.14. The zero-order valence-corrected chi connectivity index (χ0v) is 17.4. The molecule has 0 bridgehead atoms. The van der Waals surface area contributed by atoms with E-state index in [1.165, 1.54) is 16.4 Å². The third-order valence-corrected chi connectivity index (χ3v) is 7.28. The molecule has 2 aromatic rings. The summed E-state index contributed by atoms with van der Waals surface area (Å²) in [6.45, 7) is 1.56. The Bertz CT molecular complexity index is 912. The summed E-state index contributed by atoms with van der Waals surface area (Å²) in [5, 5.41) is 3.32. The van der Waals surface area contributed by atoms with Crippen molar-refractivity contribution in [3.8, 4) is 0 Å². The van der Waals surface area contributed by atoms with Crippen LogP contribution in [0.3, 0.4) is 0 Å². The Labute approximate surface area is 171 Å². The van der Waals surface area contributed by atoms with Crippen LogP contribution >= 0.6 is 11.6 Å². The maximum atomic E-state index is 13.4. The van der Waals surface area contributed by atoms with E-state index in [4.69, 9.17) is 11.6 Å². The van der Waals surface area contributed by atoms with E-state index < -0.39 is 16.1 Å². The molecule has 0 spiro atoms. The average molecular weight is 421 g/mol. The lowest BCUT2D eigenvalue weighted by atomic mass is 10.1. The molecule has 1 unspecified atom stereocenters. The summed E-state index contributed by atoms with van der Waals surface area (Å²) in [6, 6.07) is 15.1.